The van der Waals surface area contributed by atoms with Crippen LogP contribution in [0.2, 0.25) is 0 Å². The van der Waals surface area contributed by atoms with Crippen LogP contribution in [0.25, 0.3) is 0 Å². The third-order valence-electron chi connectivity index (χ3n) is 4.36. The summed E-state index contributed by atoms with van der Waals surface area (Å²) in [6.07, 6.45) is 2.83. The van der Waals surface area contributed by atoms with Gasteiger partial charge in [0.1, 0.15) is 5.82 Å². The minimum absolute atomic E-state index is 0.0207. The van der Waals surface area contributed by atoms with Gasteiger partial charge in [-0.15, -0.1) is 0 Å². The summed E-state index contributed by atoms with van der Waals surface area (Å²) in [5.74, 6) is -1.65. The van der Waals surface area contributed by atoms with Crippen molar-refractivity contribution in [2.24, 2.45) is 11.3 Å². The van der Waals surface area contributed by atoms with Gasteiger partial charge in [0.2, 0.25) is 5.91 Å². The molecule has 1 unspecified atom stereocenters. The number of carbonyl (C=O) groups is 1. The van der Waals surface area contributed by atoms with Crippen LogP contribution in [0.4, 0.5) is 14.5 Å². The van der Waals surface area contributed by atoms with Gasteiger partial charge < -0.3 is 10.6 Å². The Hall–Kier alpha value is -1.01. The van der Waals surface area contributed by atoms with Crippen LogP contribution in [0.5, 0.6) is 0 Å². The van der Waals surface area contributed by atoms with E-state index in [1.54, 1.807) is 0 Å². The predicted molar refractivity (Wildman–Crippen MR) is 75.3 cm³/mol. The fraction of sp³-hybridized carbons (Fsp3) is 0.500. The average Bonchev–Trinajstić information content (AvgIpc) is 3.08. The van der Waals surface area contributed by atoms with Crippen molar-refractivity contribution in [3.8, 4) is 0 Å². The molecule has 3 rings (SSSR count). The normalized spacial score (nSPS) is 23.6. The highest BCUT2D eigenvalue weighted by Crippen LogP contribution is 2.58. The zero-order chi connectivity index (χ0) is 14.3. The van der Waals surface area contributed by atoms with Gasteiger partial charge in [-0.25, -0.2) is 8.78 Å². The Bertz CT molecular complexity index is 535. The van der Waals surface area contributed by atoms with E-state index in [2.05, 4.69) is 26.6 Å². The summed E-state index contributed by atoms with van der Waals surface area (Å²) in [5.41, 5.74) is 0.116. The Morgan fingerprint density at radius 2 is 2.05 bits per heavy atom. The number of halogens is 3. The number of hydrogen-bond donors (Lipinski definition) is 2. The molecular formula is C14H15BrF2N2O. The third-order valence-corrected chi connectivity index (χ3v) is 4.99. The molecule has 1 spiro atoms. The first-order chi connectivity index (χ1) is 9.52. The summed E-state index contributed by atoms with van der Waals surface area (Å²) in [6.45, 7) is 1.86. The molecule has 1 atom stereocenters. The zero-order valence-corrected chi connectivity index (χ0v) is 12.4. The van der Waals surface area contributed by atoms with E-state index < -0.39 is 11.6 Å². The van der Waals surface area contributed by atoms with E-state index in [0.717, 1.165) is 44.5 Å². The highest BCUT2D eigenvalue weighted by Gasteiger charge is 2.57. The number of amides is 1. The zero-order valence-electron chi connectivity index (χ0n) is 10.8. The first-order valence-corrected chi connectivity index (χ1v) is 7.47. The van der Waals surface area contributed by atoms with E-state index in [1.165, 1.54) is 0 Å². The molecule has 108 valence electrons. The van der Waals surface area contributed by atoms with Crippen molar-refractivity contribution in [2.75, 3.05) is 18.4 Å². The molecule has 1 aliphatic carbocycles. The van der Waals surface area contributed by atoms with E-state index in [4.69, 9.17) is 0 Å². The Morgan fingerprint density at radius 1 is 1.35 bits per heavy atom. The molecule has 2 aliphatic rings. The lowest BCUT2D eigenvalue weighted by atomic mass is 9.92. The number of carbonyl (C=O) groups excluding carboxylic acids is 1. The van der Waals surface area contributed by atoms with Crippen LogP contribution in [0, 0.1) is 23.0 Å². The molecule has 0 bridgehead atoms. The molecule has 2 fully saturated rings. The SMILES string of the molecule is O=C(Nc1c(F)cc(F)cc1Br)C1CC12CCNCC2. The van der Waals surface area contributed by atoms with Crippen molar-refractivity contribution in [1.82, 2.24) is 5.32 Å². The minimum atomic E-state index is -0.759. The molecule has 1 saturated heterocycles. The fourth-order valence-corrected chi connectivity index (χ4v) is 3.57. The molecule has 6 heteroatoms. The quantitative estimate of drug-likeness (QED) is 0.865. The number of anilines is 1. The van der Waals surface area contributed by atoms with Crippen LogP contribution in [-0.2, 0) is 4.79 Å². The van der Waals surface area contributed by atoms with Crippen LogP contribution >= 0.6 is 15.9 Å². The van der Waals surface area contributed by atoms with Gasteiger partial charge in [0.25, 0.3) is 0 Å². The van der Waals surface area contributed by atoms with Crippen molar-refractivity contribution in [1.29, 1.82) is 0 Å². The summed E-state index contributed by atoms with van der Waals surface area (Å²) >= 11 is 3.08. The Balaban J connectivity index is 1.72. The number of benzene rings is 1. The molecule has 1 amide bonds. The van der Waals surface area contributed by atoms with Gasteiger partial charge in [-0.05, 0) is 59.8 Å². The Kier molecular flexibility index (Phi) is 3.54. The first kappa shape index (κ1) is 13.9. The molecule has 20 heavy (non-hydrogen) atoms. The second-order valence-corrected chi connectivity index (χ2v) is 6.46. The highest BCUT2D eigenvalue weighted by atomic mass is 79.9. The highest BCUT2D eigenvalue weighted by molar-refractivity contribution is 9.10. The van der Waals surface area contributed by atoms with Crippen LogP contribution in [-0.4, -0.2) is 19.0 Å². The average molecular weight is 345 g/mol. The predicted octanol–water partition coefficient (Wildman–Crippen LogP) is 3.06. The molecule has 3 nitrogen and oxygen atoms in total. The van der Waals surface area contributed by atoms with Crippen LogP contribution < -0.4 is 10.6 Å². The second-order valence-electron chi connectivity index (χ2n) is 5.60. The number of piperidine rings is 1. The summed E-state index contributed by atoms with van der Waals surface area (Å²) in [4.78, 5) is 12.2. The molecule has 1 aromatic rings. The van der Waals surface area contributed by atoms with Crippen molar-refractivity contribution in [2.45, 2.75) is 19.3 Å². The number of nitrogens with one attached hydrogen (secondary N) is 2. The summed E-state index contributed by atoms with van der Waals surface area (Å²) in [7, 11) is 0. The molecule has 1 aliphatic heterocycles. The first-order valence-electron chi connectivity index (χ1n) is 6.68. The molecule has 1 aromatic carbocycles. The van der Waals surface area contributed by atoms with Gasteiger partial charge in [-0.3, -0.25) is 4.79 Å². The van der Waals surface area contributed by atoms with Gasteiger partial charge in [0, 0.05) is 16.5 Å². The van der Waals surface area contributed by atoms with Crippen LogP contribution in [0.3, 0.4) is 0 Å². The topological polar surface area (TPSA) is 41.1 Å². The van der Waals surface area contributed by atoms with Crippen molar-refractivity contribution < 1.29 is 13.6 Å². The smallest absolute Gasteiger partial charge is 0.228 e. The fourth-order valence-electron chi connectivity index (χ4n) is 3.07. The molecule has 0 aromatic heterocycles. The van der Waals surface area contributed by atoms with Gasteiger partial charge in [-0.1, -0.05) is 0 Å². The number of hydrogen-bond acceptors (Lipinski definition) is 2. The largest absolute Gasteiger partial charge is 0.322 e. The maximum Gasteiger partial charge on any atom is 0.228 e. The third kappa shape index (κ3) is 2.46. The monoisotopic (exact) mass is 344 g/mol. The van der Waals surface area contributed by atoms with E-state index in [9.17, 15) is 13.6 Å². The Labute approximate surface area is 124 Å². The van der Waals surface area contributed by atoms with Crippen LogP contribution in [0.1, 0.15) is 19.3 Å². The van der Waals surface area contributed by atoms with E-state index in [0.29, 0.717) is 0 Å². The summed E-state index contributed by atoms with van der Waals surface area (Å²) in [6, 6.07) is 1.92. The van der Waals surface area contributed by atoms with E-state index in [1.807, 2.05) is 0 Å². The van der Waals surface area contributed by atoms with Gasteiger partial charge >= 0.3 is 0 Å². The van der Waals surface area contributed by atoms with Gasteiger partial charge in [-0.2, -0.15) is 0 Å². The van der Waals surface area contributed by atoms with Gasteiger partial charge in [0.15, 0.2) is 5.82 Å². The molecule has 0 radical (unpaired) electrons. The minimum Gasteiger partial charge on any atom is -0.322 e. The number of rotatable bonds is 2. The molecule has 1 saturated carbocycles. The summed E-state index contributed by atoms with van der Waals surface area (Å²) < 4.78 is 26.9. The standard InChI is InChI=1S/C14H15BrF2N2O/c15-10-5-8(16)6-11(17)12(10)19-13(20)9-7-14(9)1-3-18-4-2-14/h5-6,9,18H,1-4,7H2,(H,19,20). The Morgan fingerprint density at radius 3 is 2.70 bits per heavy atom. The van der Waals surface area contributed by atoms with Crippen LogP contribution in [0.15, 0.2) is 16.6 Å². The maximum atomic E-state index is 13.7. The lowest BCUT2D eigenvalue weighted by Gasteiger charge is -2.23. The molecule has 1 heterocycles. The van der Waals surface area contributed by atoms with Gasteiger partial charge in [0.05, 0.1) is 5.69 Å². The van der Waals surface area contributed by atoms with Crippen molar-refractivity contribution in [3.63, 3.8) is 0 Å². The van der Waals surface area contributed by atoms with E-state index in [-0.39, 0.29) is 27.4 Å². The second kappa shape index (κ2) is 5.07. The lowest BCUT2D eigenvalue weighted by Crippen LogP contribution is -2.31. The molecule has 2 N–H and O–H groups in total. The van der Waals surface area contributed by atoms with Crippen molar-refractivity contribution in [3.05, 3.63) is 28.2 Å². The maximum absolute atomic E-state index is 13.7. The van der Waals surface area contributed by atoms with Crippen molar-refractivity contribution >= 4 is 27.5 Å². The lowest BCUT2D eigenvalue weighted by molar-refractivity contribution is -0.118. The van der Waals surface area contributed by atoms with E-state index >= 15 is 0 Å². The summed E-state index contributed by atoms with van der Waals surface area (Å²) in [5, 5.41) is 5.86. The molecular weight excluding hydrogens is 330 g/mol.